The molecule has 0 aromatic carbocycles. The summed E-state index contributed by atoms with van der Waals surface area (Å²) >= 11 is 1.67. The van der Waals surface area contributed by atoms with E-state index in [4.69, 9.17) is 0 Å². The normalized spacial score (nSPS) is 23.1. The van der Waals surface area contributed by atoms with Crippen molar-refractivity contribution in [3.8, 4) is 0 Å². The van der Waals surface area contributed by atoms with Crippen LogP contribution in [0.25, 0.3) is 0 Å². The highest BCUT2D eigenvalue weighted by atomic mass is 32.1. The lowest BCUT2D eigenvalue weighted by Crippen LogP contribution is -2.40. The summed E-state index contributed by atoms with van der Waals surface area (Å²) < 4.78 is 0. The summed E-state index contributed by atoms with van der Waals surface area (Å²) in [4.78, 5) is 16.9. The third kappa shape index (κ3) is 3.26. The summed E-state index contributed by atoms with van der Waals surface area (Å²) in [6.07, 6.45) is 4.53. The summed E-state index contributed by atoms with van der Waals surface area (Å²) in [5.41, 5.74) is 0.0403. The molecule has 3 heterocycles. The molecule has 1 atom stereocenters. The number of anilines is 1. The Labute approximate surface area is 136 Å². The number of amides is 1. The maximum atomic E-state index is 12.6. The number of carbonyl (C=O) groups is 1. The Kier molecular flexibility index (Phi) is 4.39. The molecule has 2 saturated heterocycles. The van der Waals surface area contributed by atoms with Crippen LogP contribution in [0.3, 0.4) is 0 Å². The van der Waals surface area contributed by atoms with Gasteiger partial charge >= 0.3 is 0 Å². The lowest BCUT2D eigenvalue weighted by Gasteiger charge is -2.29. The fourth-order valence-electron chi connectivity index (χ4n) is 3.15. The average molecular weight is 322 g/mol. The number of rotatable bonds is 2. The molecule has 0 saturated carbocycles. The molecular weight excluding hydrogens is 296 g/mol. The van der Waals surface area contributed by atoms with Crippen molar-refractivity contribution >= 4 is 22.4 Å². The minimum absolute atomic E-state index is 0.0403. The van der Waals surface area contributed by atoms with Gasteiger partial charge in [0.05, 0.1) is 5.92 Å². The van der Waals surface area contributed by atoms with Gasteiger partial charge in [-0.25, -0.2) is 0 Å². The predicted octanol–water partition coefficient (Wildman–Crippen LogP) is 2.67. The van der Waals surface area contributed by atoms with E-state index >= 15 is 0 Å². The number of hydrogen-bond acceptors (Lipinski definition) is 5. The number of nitrogens with zero attached hydrogens (tertiary/aromatic N) is 4. The summed E-state index contributed by atoms with van der Waals surface area (Å²) in [5.74, 6) is 0.489. The first-order valence-corrected chi connectivity index (χ1v) is 9.14. The average Bonchev–Trinajstić information content (AvgIpc) is 3.15. The molecule has 0 aliphatic carbocycles. The van der Waals surface area contributed by atoms with Gasteiger partial charge in [0.25, 0.3) is 0 Å². The van der Waals surface area contributed by atoms with Gasteiger partial charge in [-0.3, -0.25) is 4.79 Å². The van der Waals surface area contributed by atoms with Gasteiger partial charge in [-0.1, -0.05) is 32.1 Å². The largest absolute Gasteiger partial charge is 0.346 e. The molecule has 1 unspecified atom stereocenters. The highest BCUT2D eigenvalue weighted by Crippen LogP contribution is 2.32. The Bertz CT molecular complexity index is 530. The van der Waals surface area contributed by atoms with E-state index in [0.717, 1.165) is 55.6 Å². The van der Waals surface area contributed by atoms with Crippen LogP contribution in [0.4, 0.5) is 5.13 Å². The van der Waals surface area contributed by atoms with Gasteiger partial charge in [0.15, 0.2) is 0 Å². The lowest BCUT2D eigenvalue weighted by molar-refractivity contribution is -0.135. The highest BCUT2D eigenvalue weighted by molar-refractivity contribution is 7.15. The molecule has 1 aromatic heterocycles. The molecule has 22 heavy (non-hydrogen) atoms. The quantitative estimate of drug-likeness (QED) is 0.840. The summed E-state index contributed by atoms with van der Waals surface area (Å²) in [6, 6.07) is 0. The van der Waals surface area contributed by atoms with Gasteiger partial charge in [-0.15, -0.1) is 10.2 Å². The van der Waals surface area contributed by atoms with Crippen LogP contribution >= 0.6 is 11.3 Å². The molecule has 0 bridgehead atoms. The second-order valence-corrected chi connectivity index (χ2v) is 8.41. The van der Waals surface area contributed by atoms with E-state index in [2.05, 4.69) is 40.8 Å². The zero-order chi connectivity index (χ0) is 15.7. The van der Waals surface area contributed by atoms with Gasteiger partial charge in [-0.2, -0.15) is 0 Å². The zero-order valence-electron chi connectivity index (χ0n) is 13.8. The SMILES string of the molecule is CC(C)(C)c1nnc(N2CCC(C(=O)N3CCCCC3)C2)s1. The molecule has 1 amide bonds. The Morgan fingerprint density at radius 2 is 1.86 bits per heavy atom. The first kappa shape index (κ1) is 15.7. The van der Waals surface area contributed by atoms with Crippen LogP contribution in [0.5, 0.6) is 0 Å². The van der Waals surface area contributed by atoms with E-state index in [1.54, 1.807) is 11.3 Å². The fraction of sp³-hybridized carbons (Fsp3) is 0.812. The topological polar surface area (TPSA) is 49.3 Å². The van der Waals surface area contributed by atoms with E-state index in [0.29, 0.717) is 5.91 Å². The molecule has 2 aliphatic heterocycles. The third-order valence-corrected chi connectivity index (χ3v) is 5.94. The van der Waals surface area contributed by atoms with Gasteiger partial charge in [0, 0.05) is 31.6 Å². The van der Waals surface area contributed by atoms with Gasteiger partial charge in [0.2, 0.25) is 11.0 Å². The molecule has 5 nitrogen and oxygen atoms in total. The van der Waals surface area contributed by atoms with Crippen molar-refractivity contribution < 1.29 is 4.79 Å². The van der Waals surface area contributed by atoms with Crippen LogP contribution < -0.4 is 4.90 Å². The molecule has 0 N–H and O–H groups in total. The summed E-state index contributed by atoms with van der Waals surface area (Å²) in [5, 5.41) is 10.7. The summed E-state index contributed by atoms with van der Waals surface area (Å²) in [6.45, 7) is 10.1. The van der Waals surface area contributed by atoms with Crippen LogP contribution in [0.2, 0.25) is 0 Å². The fourth-order valence-corrected chi connectivity index (χ4v) is 4.09. The Morgan fingerprint density at radius 3 is 2.50 bits per heavy atom. The van der Waals surface area contributed by atoms with Crippen LogP contribution in [-0.4, -0.2) is 47.2 Å². The van der Waals surface area contributed by atoms with E-state index in [-0.39, 0.29) is 11.3 Å². The third-order valence-electron chi connectivity index (χ3n) is 4.53. The maximum absolute atomic E-state index is 12.6. The lowest BCUT2D eigenvalue weighted by atomic mass is 9.98. The number of hydrogen-bond donors (Lipinski definition) is 0. The van der Waals surface area contributed by atoms with Crippen LogP contribution in [-0.2, 0) is 10.2 Å². The van der Waals surface area contributed by atoms with E-state index in [9.17, 15) is 4.79 Å². The Hall–Kier alpha value is -1.17. The van der Waals surface area contributed by atoms with Crippen LogP contribution in [0.1, 0.15) is 51.5 Å². The van der Waals surface area contributed by atoms with E-state index in [1.165, 1.54) is 6.42 Å². The van der Waals surface area contributed by atoms with Gasteiger partial charge in [0.1, 0.15) is 5.01 Å². The first-order chi connectivity index (χ1) is 10.4. The predicted molar refractivity (Wildman–Crippen MR) is 89.4 cm³/mol. The molecule has 2 aliphatic rings. The molecule has 2 fully saturated rings. The van der Waals surface area contributed by atoms with Crippen LogP contribution in [0, 0.1) is 5.92 Å². The molecule has 0 radical (unpaired) electrons. The minimum Gasteiger partial charge on any atom is -0.346 e. The minimum atomic E-state index is 0.0403. The van der Waals surface area contributed by atoms with E-state index < -0.39 is 0 Å². The Morgan fingerprint density at radius 1 is 1.14 bits per heavy atom. The molecule has 3 rings (SSSR count). The standard InChI is InChI=1S/C16H26N4OS/c1-16(2,3)14-17-18-15(22-14)20-10-7-12(11-20)13(21)19-8-5-4-6-9-19/h12H,4-11H2,1-3H3. The molecule has 6 heteroatoms. The van der Waals surface area contributed by atoms with Gasteiger partial charge < -0.3 is 9.80 Å². The number of carbonyl (C=O) groups excluding carboxylic acids is 1. The second kappa shape index (κ2) is 6.14. The number of piperidine rings is 1. The van der Waals surface area contributed by atoms with Crippen molar-refractivity contribution in [1.82, 2.24) is 15.1 Å². The van der Waals surface area contributed by atoms with Crippen molar-refractivity contribution in [2.24, 2.45) is 5.92 Å². The molecule has 1 aromatic rings. The molecular formula is C16H26N4OS. The van der Waals surface area contributed by atoms with Crippen molar-refractivity contribution in [2.75, 3.05) is 31.1 Å². The molecule has 122 valence electrons. The number of aromatic nitrogens is 2. The zero-order valence-corrected chi connectivity index (χ0v) is 14.7. The van der Waals surface area contributed by atoms with Crippen molar-refractivity contribution in [2.45, 2.75) is 51.9 Å². The van der Waals surface area contributed by atoms with E-state index in [1.807, 2.05) is 0 Å². The van der Waals surface area contributed by atoms with Gasteiger partial charge in [-0.05, 0) is 25.7 Å². The highest BCUT2D eigenvalue weighted by Gasteiger charge is 2.33. The monoisotopic (exact) mass is 322 g/mol. The second-order valence-electron chi connectivity index (χ2n) is 7.46. The first-order valence-electron chi connectivity index (χ1n) is 8.33. The number of likely N-dealkylation sites (tertiary alicyclic amines) is 1. The summed E-state index contributed by atoms with van der Waals surface area (Å²) in [7, 11) is 0. The van der Waals surface area contributed by atoms with Crippen molar-refractivity contribution in [3.05, 3.63) is 5.01 Å². The maximum Gasteiger partial charge on any atom is 0.227 e. The molecule has 0 spiro atoms. The van der Waals surface area contributed by atoms with Crippen molar-refractivity contribution in [3.63, 3.8) is 0 Å². The smallest absolute Gasteiger partial charge is 0.227 e. The van der Waals surface area contributed by atoms with Crippen LogP contribution in [0.15, 0.2) is 0 Å². The van der Waals surface area contributed by atoms with Crippen molar-refractivity contribution in [1.29, 1.82) is 0 Å². The Balaban J connectivity index is 1.62.